The van der Waals surface area contributed by atoms with Gasteiger partial charge in [-0.1, -0.05) is 49.6 Å². The summed E-state index contributed by atoms with van der Waals surface area (Å²) in [7, 11) is 0. The van der Waals surface area contributed by atoms with Gasteiger partial charge in [0.2, 0.25) is 0 Å². The number of aromatic amines is 1. The number of aromatic nitrogens is 2. The maximum absolute atomic E-state index is 13.5. The van der Waals surface area contributed by atoms with Gasteiger partial charge in [-0.3, -0.25) is 9.36 Å². The van der Waals surface area contributed by atoms with Crippen LogP contribution in [0.1, 0.15) is 62.5 Å². The quantitative estimate of drug-likeness (QED) is 0.857. The Morgan fingerprint density at radius 3 is 2.50 bits per heavy atom. The summed E-state index contributed by atoms with van der Waals surface area (Å²) in [6.07, 6.45) is 5.47. The monoisotopic (exact) mass is 382 g/mol. The zero-order chi connectivity index (χ0) is 19.7. The first-order chi connectivity index (χ1) is 13.6. The predicted molar refractivity (Wildman–Crippen MR) is 111 cm³/mol. The molecule has 2 aliphatic rings. The number of piperazine rings is 1. The van der Waals surface area contributed by atoms with Crippen molar-refractivity contribution < 1.29 is 4.79 Å². The molecule has 0 spiro atoms. The molecule has 0 bridgehead atoms. The van der Waals surface area contributed by atoms with Gasteiger partial charge in [0.25, 0.3) is 5.91 Å². The molecule has 2 N–H and O–H groups in total. The highest BCUT2D eigenvalue weighted by molar-refractivity contribution is 5.98. The van der Waals surface area contributed by atoms with Crippen LogP contribution in [0.15, 0.2) is 35.1 Å². The highest BCUT2D eigenvalue weighted by Gasteiger charge is 2.33. The Labute approximate surface area is 165 Å². The normalized spacial score (nSPS) is 23.7. The lowest BCUT2D eigenvalue weighted by molar-refractivity contribution is 0.0611. The molecule has 150 valence electrons. The third-order valence-corrected chi connectivity index (χ3v) is 6.15. The van der Waals surface area contributed by atoms with E-state index in [4.69, 9.17) is 0 Å². The summed E-state index contributed by atoms with van der Waals surface area (Å²) in [6, 6.07) is 10.4. The standard InChI is InChI=1S/C22H30N4O2/c1-15-14-25(16(2)13-23-15)21(27)19-20(17-9-5-3-6-10-17)26(22(28)24-19)18-11-7-4-8-12-18/h3,5-6,9-10,15-16,18,23H,4,7-8,11-14H2,1-2H3,(H,24,28). The van der Waals surface area contributed by atoms with Gasteiger partial charge in [0.1, 0.15) is 5.69 Å². The third kappa shape index (κ3) is 3.53. The van der Waals surface area contributed by atoms with Crippen LogP contribution in [-0.4, -0.2) is 45.5 Å². The van der Waals surface area contributed by atoms with Crippen molar-refractivity contribution >= 4 is 5.91 Å². The lowest BCUT2D eigenvalue weighted by Gasteiger charge is -2.37. The van der Waals surface area contributed by atoms with Crippen molar-refractivity contribution in [1.82, 2.24) is 19.8 Å². The fraction of sp³-hybridized carbons (Fsp3) is 0.545. The summed E-state index contributed by atoms with van der Waals surface area (Å²) in [5, 5.41) is 3.41. The van der Waals surface area contributed by atoms with Crippen LogP contribution in [0.3, 0.4) is 0 Å². The number of nitrogens with one attached hydrogen (secondary N) is 2. The maximum Gasteiger partial charge on any atom is 0.326 e. The molecule has 2 fully saturated rings. The van der Waals surface area contributed by atoms with Gasteiger partial charge in [-0.05, 0) is 26.7 Å². The van der Waals surface area contributed by atoms with Crippen LogP contribution in [-0.2, 0) is 0 Å². The van der Waals surface area contributed by atoms with E-state index in [-0.39, 0.29) is 29.7 Å². The average molecular weight is 383 g/mol. The van der Waals surface area contributed by atoms with Crippen LogP contribution >= 0.6 is 0 Å². The van der Waals surface area contributed by atoms with E-state index in [9.17, 15) is 9.59 Å². The van der Waals surface area contributed by atoms with Crippen LogP contribution < -0.4 is 11.0 Å². The van der Waals surface area contributed by atoms with Gasteiger partial charge in [-0.15, -0.1) is 0 Å². The first-order valence-corrected chi connectivity index (χ1v) is 10.5. The Morgan fingerprint density at radius 1 is 1.07 bits per heavy atom. The van der Waals surface area contributed by atoms with Crippen molar-refractivity contribution in [2.45, 2.75) is 64.1 Å². The van der Waals surface area contributed by atoms with Gasteiger partial charge in [0.15, 0.2) is 0 Å². The van der Waals surface area contributed by atoms with Crippen LogP contribution in [0.2, 0.25) is 0 Å². The number of H-pyrrole nitrogens is 1. The van der Waals surface area contributed by atoms with E-state index >= 15 is 0 Å². The van der Waals surface area contributed by atoms with Gasteiger partial charge >= 0.3 is 5.69 Å². The molecule has 4 rings (SSSR count). The number of benzene rings is 1. The SMILES string of the molecule is CC1CN(C(=O)c2[nH]c(=O)n(C3CCCCC3)c2-c2ccccc2)C(C)CN1. The maximum atomic E-state index is 13.5. The molecule has 0 radical (unpaired) electrons. The molecular weight excluding hydrogens is 352 g/mol. The molecule has 2 aromatic rings. The topological polar surface area (TPSA) is 70.1 Å². The number of hydrogen-bond donors (Lipinski definition) is 2. The Balaban J connectivity index is 1.81. The van der Waals surface area contributed by atoms with Crippen molar-refractivity contribution in [3.63, 3.8) is 0 Å². The van der Waals surface area contributed by atoms with Crippen LogP contribution in [0.25, 0.3) is 11.3 Å². The molecule has 28 heavy (non-hydrogen) atoms. The lowest BCUT2D eigenvalue weighted by atomic mass is 9.94. The smallest absolute Gasteiger partial charge is 0.326 e. The van der Waals surface area contributed by atoms with E-state index < -0.39 is 0 Å². The molecule has 1 aromatic carbocycles. The molecule has 1 amide bonds. The fourth-order valence-corrected chi connectivity index (χ4v) is 4.62. The van der Waals surface area contributed by atoms with E-state index in [0.717, 1.165) is 43.5 Å². The minimum atomic E-state index is -0.162. The summed E-state index contributed by atoms with van der Waals surface area (Å²) < 4.78 is 1.86. The first-order valence-electron chi connectivity index (χ1n) is 10.5. The number of rotatable bonds is 3. The number of carbonyl (C=O) groups is 1. The van der Waals surface area contributed by atoms with Gasteiger partial charge in [-0.2, -0.15) is 0 Å². The van der Waals surface area contributed by atoms with Crippen LogP contribution in [0.5, 0.6) is 0 Å². The second-order valence-electron chi connectivity index (χ2n) is 8.30. The van der Waals surface area contributed by atoms with Crippen molar-refractivity contribution in [1.29, 1.82) is 0 Å². The summed E-state index contributed by atoms with van der Waals surface area (Å²) in [6.45, 7) is 5.54. The van der Waals surface area contributed by atoms with Gasteiger partial charge < -0.3 is 15.2 Å². The van der Waals surface area contributed by atoms with Crippen LogP contribution in [0, 0.1) is 0 Å². The second-order valence-corrected chi connectivity index (χ2v) is 8.30. The van der Waals surface area contributed by atoms with E-state index in [2.05, 4.69) is 24.1 Å². The van der Waals surface area contributed by atoms with Gasteiger partial charge in [0, 0.05) is 36.8 Å². The minimum Gasteiger partial charge on any atom is -0.332 e. The summed E-state index contributed by atoms with van der Waals surface area (Å²) in [5.41, 5.74) is 1.94. The molecule has 1 saturated heterocycles. The van der Waals surface area contributed by atoms with E-state index in [1.54, 1.807) is 0 Å². The van der Waals surface area contributed by atoms with Crippen molar-refractivity contribution in [2.75, 3.05) is 13.1 Å². The number of hydrogen-bond acceptors (Lipinski definition) is 3. The highest BCUT2D eigenvalue weighted by atomic mass is 16.2. The van der Waals surface area contributed by atoms with Crippen molar-refractivity contribution in [2.24, 2.45) is 0 Å². The minimum absolute atomic E-state index is 0.0774. The largest absolute Gasteiger partial charge is 0.332 e. The van der Waals surface area contributed by atoms with E-state index in [1.807, 2.05) is 39.8 Å². The predicted octanol–water partition coefficient (Wildman–Crippen LogP) is 3.17. The molecule has 6 nitrogen and oxygen atoms in total. The number of imidazole rings is 1. The first kappa shape index (κ1) is 19.0. The fourth-order valence-electron chi connectivity index (χ4n) is 4.62. The Hall–Kier alpha value is -2.34. The van der Waals surface area contributed by atoms with Crippen molar-refractivity contribution in [3.8, 4) is 11.3 Å². The Morgan fingerprint density at radius 2 is 1.79 bits per heavy atom. The number of amides is 1. The zero-order valence-corrected chi connectivity index (χ0v) is 16.8. The third-order valence-electron chi connectivity index (χ3n) is 6.15. The Bertz CT molecular complexity index is 880. The molecule has 1 aliphatic heterocycles. The molecule has 6 heteroatoms. The van der Waals surface area contributed by atoms with E-state index in [0.29, 0.717) is 12.2 Å². The number of nitrogens with zero attached hydrogens (tertiary/aromatic N) is 2. The van der Waals surface area contributed by atoms with Gasteiger partial charge in [0.05, 0.1) is 5.69 Å². The molecule has 2 heterocycles. The summed E-state index contributed by atoms with van der Waals surface area (Å²) in [4.78, 5) is 31.3. The Kier molecular flexibility index (Phi) is 5.40. The molecule has 1 saturated carbocycles. The molecule has 2 atom stereocenters. The zero-order valence-electron chi connectivity index (χ0n) is 16.8. The molecular formula is C22H30N4O2. The summed E-state index contributed by atoms with van der Waals surface area (Å²) >= 11 is 0. The average Bonchev–Trinajstić information content (AvgIpc) is 3.07. The molecule has 2 unspecified atom stereocenters. The van der Waals surface area contributed by atoms with Crippen molar-refractivity contribution in [3.05, 3.63) is 46.5 Å². The lowest BCUT2D eigenvalue weighted by Crippen LogP contribution is -2.56. The number of carbonyl (C=O) groups excluding carboxylic acids is 1. The van der Waals surface area contributed by atoms with E-state index in [1.165, 1.54) is 6.42 Å². The second kappa shape index (κ2) is 7.95. The summed E-state index contributed by atoms with van der Waals surface area (Å²) in [5.74, 6) is -0.0774. The molecule has 1 aromatic heterocycles. The van der Waals surface area contributed by atoms with Crippen LogP contribution in [0.4, 0.5) is 0 Å². The molecule has 1 aliphatic carbocycles. The van der Waals surface area contributed by atoms with Gasteiger partial charge in [-0.25, -0.2) is 4.79 Å². The highest BCUT2D eigenvalue weighted by Crippen LogP contribution is 2.33.